The van der Waals surface area contributed by atoms with Crippen molar-refractivity contribution in [3.8, 4) is 0 Å². The van der Waals surface area contributed by atoms with E-state index < -0.39 is 0 Å². The molecule has 0 fully saturated rings. The second kappa shape index (κ2) is 14.7. The van der Waals surface area contributed by atoms with Crippen molar-refractivity contribution in [2.45, 2.75) is 64.7 Å². The molecule has 0 rings (SSSR count). The van der Waals surface area contributed by atoms with Gasteiger partial charge in [0, 0.05) is 6.42 Å². The Morgan fingerprint density at radius 1 is 0.846 bits per heavy atom. The average molecular weight is 200 g/mol. The van der Waals surface area contributed by atoms with Gasteiger partial charge >= 0.3 is 0 Å². The highest BCUT2D eigenvalue weighted by atomic mass is 27.0. The van der Waals surface area contributed by atoms with E-state index in [9.17, 15) is 4.79 Å². The third-order valence-electron chi connectivity index (χ3n) is 2.18. The Bertz CT molecular complexity index is 94.1. The molecule has 1 nitrogen and oxygen atoms in total. The Kier molecular flexibility index (Phi) is 17.7. The van der Waals surface area contributed by atoms with E-state index in [0.717, 1.165) is 19.1 Å². The molecule has 13 heavy (non-hydrogen) atoms. The van der Waals surface area contributed by atoms with Crippen molar-refractivity contribution in [1.82, 2.24) is 0 Å². The van der Waals surface area contributed by atoms with Crippen molar-refractivity contribution in [2.24, 2.45) is 0 Å². The molecule has 0 saturated heterocycles. The minimum absolute atomic E-state index is 0. The van der Waals surface area contributed by atoms with Crippen molar-refractivity contribution < 1.29 is 4.79 Å². The third-order valence-corrected chi connectivity index (χ3v) is 2.18. The van der Waals surface area contributed by atoms with E-state index in [4.69, 9.17) is 0 Å². The Morgan fingerprint density at radius 2 is 1.31 bits per heavy atom. The van der Waals surface area contributed by atoms with Crippen LogP contribution in [-0.4, -0.2) is 23.6 Å². The molecule has 0 spiro atoms. The minimum atomic E-state index is 0. The lowest BCUT2D eigenvalue weighted by molar-refractivity contribution is -0.107. The Hall–Kier alpha value is 0.202. The summed E-state index contributed by atoms with van der Waals surface area (Å²) in [6.45, 7) is 2.24. The molecule has 78 valence electrons. The van der Waals surface area contributed by atoms with E-state index in [-0.39, 0.29) is 17.4 Å². The first kappa shape index (κ1) is 15.7. The summed E-state index contributed by atoms with van der Waals surface area (Å²) < 4.78 is 0. The molecule has 0 amide bonds. The lowest BCUT2D eigenvalue weighted by atomic mass is 10.1. The van der Waals surface area contributed by atoms with Gasteiger partial charge in [0.15, 0.2) is 17.4 Å². The highest BCUT2D eigenvalue weighted by Gasteiger charge is 1.90. The number of hydrogen-bond acceptors (Lipinski definition) is 1. The number of aldehydes is 1. The second-order valence-electron chi connectivity index (χ2n) is 3.43. The van der Waals surface area contributed by atoms with Gasteiger partial charge in [-0.1, -0.05) is 51.9 Å². The molecule has 0 bridgehead atoms. The normalized spacial score (nSPS) is 9.31. The maximum atomic E-state index is 9.98. The predicted molar refractivity (Wildman–Crippen MR) is 63.2 cm³/mol. The topological polar surface area (TPSA) is 17.1 Å². The zero-order chi connectivity index (χ0) is 9.07. The monoisotopic (exact) mass is 200 g/mol. The van der Waals surface area contributed by atoms with Crippen molar-refractivity contribution in [2.75, 3.05) is 0 Å². The minimum Gasteiger partial charge on any atom is -0.303 e. The Morgan fingerprint density at radius 3 is 1.77 bits per heavy atom. The molecule has 0 atom stereocenters. The van der Waals surface area contributed by atoms with Gasteiger partial charge in [-0.3, -0.25) is 0 Å². The van der Waals surface area contributed by atoms with Crippen LogP contribution in [0.1, 0.15) is 64.7 Å². The summed E-state index contributed by atoms with van der Waals surface area (Å²) in [4.78, 5) is 9.98. The zero-order valence-corrected chi connectivity index (χ0v) is 8.35. The van der Waals surface area contributed by atoms with Crippen LogP contribution in [0.5, 0.6) is 0 Å². The van der Waals surface area contributed by atoms with Crippen molar-refractivity contribution in [1.29, 1.82) is 0 Å². The number of carbonyl (C=O) groups excluding carboxylic acids is 1. The lowest BCUT2D eigenvalue weighted by Gasteiger charge is -1.98. The smallest absolute Gasteiger partial charge is 0.187 e. The molecule has 0 unspecified atom stereocenters. The van der Waals surface area contributed by atoms with Gasteiger partial charge in [-0.2, -0.15) is 0 Å². The molecule has 0 aromatic heterocycles. The van der Waals surface area contributed by atoms with Gasteiger partial charge < -0.3 is 4.79 Å². The number of carbonyl (C=O) groups is 1. The van der Waals surface area contributed by atoms with Crippen LogP contribution < -0.4 is 0 Å². The number of unbranched alkanes of at least 4 members (excludes halogenated alkanes) is 8. The van der Waals surface area contributed by atoms with Crippen LogP contribution in [-0.2, 0) is 4.79 Å². The van der Waals surface area contributed by atoms with Gasteiger partial charge in [-0.05, 0) is 6.42 Å². The van der Waals surface area contributed by atoms with Crippen LogP contribution >= 0.6 is 0 Å². The van der Waals surface area contributed by atoms with Crippen LogP contribution in [0, 0.1) is 0 Å². The van der Waals surface area contributed by atoms with Gasteiger partial charge in [-0.25, -0.2) is 0 Å². The van der Waals surface area contributed by atoms with Crippen LogP contribution in [0.15, 0.2) is 0 Å². The van der Waals surface area contributed by atoms with E-state index in [1.165, 1.54) is 44.9 Å². The molecule has 0 aliphatic rings. The van der Waals surface area contributed by atoms with E-state index in [1.807, 2.05) is 0 Å². The molecule has 0 heterocycles. The van der Waals surface area contributed by atoms with Crippen LogP contribution in [0.3, 0.4) is 0 Å². The first-order chi connectivity index (χ1) is 5.91. The summed E-state index contributed by atoms with van der Waals surface area (Å²) in [6.07, 6.45) is 12.3. The molecular weight excluding hydrogens is 175 g/mol. The number of rotatable bonds is 9. The summed E-state index contributed by atoms with van der Waals surface area (Å²) >= 11 is 0. The predicted octanol–water partition coefficient (Wildman–Crippen LogP) is 2.53. The molecule has 0 saturated carbocycles. The molecular formula is C11H25AlO. The summed E-state index contributed by atoms with van der Waals surface area (Å²) in [6, 6.07) is 0. The Balaban J connectivity index is 0. The Labute approximate surface area is 93.4 Å². The van der Waals surface area contributed by atoms with E-state index in [1.54, 1.807) is 0 Å². The SMILES string of the molecule is CCCCCCCCCCC=O.[AlH3]. The first-order valence-corrected chi connectivity index (χ1v) is 5.35. The van der Waals surface area contributed by atoms with Gasteiger partial charge in [0.25, 0.3) is 0 Å². The standard InChI is InChI=1S/C11H22O.Al.3H/c1-2-3-4-5-6-7-8-9-10-11-12;;;;/h11H,2-10H2,1H3;;;;. The quantitative estimate of drug-likeness (QED) is 0.317. The summed E-state index contributed by atoms with van der Waals surface area (Å²) in [7, 11) is 0. The molecule has 0 aromatic carbocycles. The number of hydrogen-bond donors (Lipinski definition) is 0. The van der Waals surface area contributed by atoms with E-state index >= 15 is 0 Å². The largest absolute Gasteiger partial charge is 0.303 e. The fourth-order valence-corrected chi connectivity index (χ4v) is 1.36. The highest BCUT2D eigenvalue weighted by molar-refractivity contribution is 5.75. The van der Waals surface area contributed by atoms with E-state index in [0.29, 0.717) is 0 Å². The van der Waals surface area contributed by atoms with Crippen molar-refractivity contribution >= 4 is 23.6 Å². The lowest BCUT2D eigenvalue weighted by Crippen LogP contribution is -1.81. The first-order valence-electron chi connectivity index (χ1n) is 5.35. The second-order valence-corrected chi connectivity index (χ2v) is 3.43. The van der Waals surface area contributed by atoms with Crippen LogP contribution in [0.4, 0.5) is 0 Å². The van der Waals surface area contributed by atoms with E-state index in [2.05, 4.69) is 6.92 Å². The van der Waals surface area contributed by atoms with Crippen LogP contribution in [0.2, 0.25) is 0 Å². The van der Waals surface area contributed by atoms with Gasteiger partial charge in [0.2, 0.25) is 0 Å². The molecule has 0 aromatic rings. The van der Waals surface area contributed by atoms with Gasteiger partial charge in [0.1, 0.15) is 6.29 Å². The van der Waals surface area contributed by atoms with Crippen LogP contribution in [0.25, 0.3) is 0 Å². The third kappa shape index (κ3) is 15.0. The summed E-state index contributed by atoms with van der Waals surface area (Å²) in [5, 5.41) is 0. The molecule has 0 N–H and O–H groups in total. The summed E-state index contributed by atoms with van der Waals surface area (Å²) in [5.74, 6) is 0. The van der Waals surface area contributed by atoms with Gasteiger partial charge in [0.05, 0.1) is 0 Å². The zero-order valence-electron chi connectivity index (χ0n) is 8.35. The fourth-order valence-electron chi connectivity index (χ4n) is 1.36. The highest BCUT2D eigenvalue weighted by Crippen LogP contribution is 2.08. The maximum Gasteiger partial charge on any atom is 0.187 e. The van der Waals surface area contributed by atoms with Crippen molar-refractivity contribution in [3.05, 3.63) is 0 Å². The molecule has 0 radical (unpaired) electrons. The maximum absolute atomic E-state index is 9.98. The van der Waals surface area contributed by atoms with Crippen molar-refractivity contribution in [3.63, 3.8) is 0 Å². The summed E-state index contributed by atoms with van der Waals surface area (Å²) in [5.41, 5.74) is 0. The van der Waals surface area contributed by atoms with Gasteiger partial charge in [-0.15, -0.1) is 0 Å². The fraction of sp³-hybridized carbons (Fsp3) is 0.909. The molecule has 0 aliphatic heterocycles. The average Bonchev–Trinajstić information content (AvgIpc) is 2.10. The molecule has 0 aliphatic carbocycles. The molecule has 2 heteroatoms.